The molecule has 0 spiro atoms. The largest absolute Gasteiger partial charge is 0.391 e. The Labute approximate surface area is 74.2 Å². The van der Waals surface area contributed by atoms with Crippen molar-refractivity contribution in [3.63, 3.8) is 0 Å². The fourth-order valence-corrected chi connectivity index (χ4v) is 0.899. The van der Waals surface area contributed by atoms with Crippen LogP contribution in [-0.4, -0.2) is 16.2 Å². The molecule has 5 heteroatoms. The van der Waals surface area contributed by atoms with Gasteiger partial charge in [0.1, 0.15) is 11.6 Å². The zero-order valence-corrected chi connectivity index (χ0v) is 7.04. The van der Waals surface area contributed by atoms with Gasteiger partial charge in [-0.3, -0.25) is 4.98 Å². The van der Waals surface area contributed by atoms with Gasteiger partial charge < -0.3 is 10.8 Å². The Morgan fingerprint density at radius 3 is 2.62 bits per heavy atom. The topological polar surface area (TPSA) is 59.1 Å². The third kappa shape index (κ3) is 2.19. The van der Waals surface area contributed by atoms with E-state index < -0.39 is 23.8 Å². The van der Waals surface area contributed by atoms with E-state index in [1.54, 1.807) is 0 Å². The maximum Gasteiger partial charge on any atom is 0.149 e. The van der Waals surface area contributed by atoms with E-state index in [-0.39, 0.29) is 5.69 Å². The average Bonchev–Trinajstić information content (AvgIpc) is 2.03. The molecule has 0 saturated heterocycles. The molecule has 0 aliphatic rings. The first-order valence-corrected chi connectivity index (χ1v) is 3.77. The van der Waals surface area contributed by atoms with Gasteiger partial charge in [0.15, 0.2) is 0 Å². The summed E-state index contributed by atoms with van der Waals surface area (Å²) in [7, 11) is 0. The number of nitrogens with two attached hydrogens (primary N) is 1. The molecule has 1 unspecified atom stereocenters. The minimum Gasteiger partial charge on any atom is -0.391 e. The van der Waals surface area contributed by atoms with Crippen LogP contribution in [0.3, 0.4) is 0 Å². The Kier molecular flexibility index (Phi) is 2.90. The second-order valence-corrected chi connectivity index (χ2v) is 2.79. The number of aromatic nitrogens is 1. The highest BCUT2D eigenvalue weighted by molar-refractivity contribution is 5.13. The van der Waals surface area contributed by atoms with Crippen LogP contribution in [-0.2, 0) is 0 Å². The number of hydrogen-bond acceptors (Lipinski definition) is 3. The summed E-state index contributed by atoms with van der Waals surface area (Å²) in [5, 5.41) is 9.04. The zero-order valence-electron chi connectivity index (χ0n) is 7.04. The number of rotatable bonds is 2. The van der Waals surface area contributed by atoms with Crippen LogP contribution in [0.5, 0.6) is 0 Å². The van der Waals surface area contributed by atoms with E-state index in [1.807, 2.05) is 0 Å². The smallest absolute Gasteiger partial charge is 0.149 e. The van der Waals surface area contributed by atoms with Crippen LogP contribution >= 0.6 is 0 Å². The van der Waals surface area contributed by atoms with Crippen molar-refractivity contribution in [2.24, 2.45) is 5.73 Å². The van der Waals surface area contributed by atoms with E-state index in [4.69, 9.17) is 10.8 Å². The molecule has 0 bridgehead atoms. The number of pyridine rings is 1. The van der Waals surface area contributed by atoms with E-state index in [9.17, 15) is 8.78 Å². The van der Waals surface area contributed by atoms with Crippen molar-refractivity contribution in [3.8, 4) is 0 Å². The molecular formula is C8H10F2N2O. The second-order valence-electron chi connectivity index (χ2n) is 2.79. The van der Waals surface area contributed by atoms with Crippen LogP contribution < -0.4 is 5.73 Å². The maximum absolute atomic E-state index is 13.0. The molecule has 0 aliphatic carbocycles. The van der Waals surface area contributed by atoms with E-state index in [2.05, 4.69) is 4.98 Å². The van der Waals surface area contributed by atoms with Gasteiger partial charge in [-0.1, -0.05) is 0 Å². The van der Waals surface area contributed by atoms with Gasteiger partial charge in [-0.25, -0.2) is 8.78 Å². The summed E-state index contributed by atoms with van der Waals surface area (Å²) >= 11 is 0. The van der Waals surface area contributed by atoms with Gasteiger partial charge in [0.2, 0.25) is 0 Å². The molecule has 0 saturated carbocycles. The van der Waals surface area contributed by atoms with E-state index >= 15 is 0 Å². The zero-order chi connectivity index (χ0) is 10.0. The Balaban J connectivity index is 3.01. The molecule has 0 aromatic carbocycles. The van der Waals surface area contributed by atoms with Gasteiger partial charge in [0.25, 0.3) is 0 Å². The second kappa shape index (κ2) is 3.76. The Hall–Kier alpha value is -1.07. The predicted molar refractivity (Wildman–Crippen MR) is 42.8 cm³/mol. The summed E-state index contributed by atoms with van der Waals surface area (Å²) in [4.78, 5) is 3.46. The molecule has 3 nitrogen and oxygen atoms in total. The highest BCUT2D eigenvalue weighted by atomic mass is 19.1. The predicted octanol–water partition coefficient (Wildman–Crippen LogP) is 0.740. The van der Waals surface area contributed by atoms with Crippen LogP contribution in [0.15, 0.2) is 12.3 Å². The molecule has 0 fully saturated rings. The summed E-state index contributed by atoms with van der Waals surface area (Å²) in [6.45, 7) is 1.41. The van der Waals surface area contributed by atoms with E-state index in [0.717, 1.165) is 6.20 Å². The van der Waals surface area contributed by atoms with Crippen LogP contribution in [0.25, 0.3) is 0 Å². The first-order valence-electron chi connectivity index (χ1n) is 3.77. The molecule has 2 atom stereocenters. The normalized spacial score (nSPS) is 15.5. The molecule has 0 aliphatic heterocycles. The standard InChI is InChI=1S/C8H10F2N2O/c1-4(13)7(11)8-6(10)2-5(9)3-12-8/h2-4,7,13H,11H2,1H3/t4?,7-/m1/s1. The Bertz CT molecular complexity index is 304. The lowest BCUT2D eigenvalue weighted by Gasteiger charge is -2.14. The van der Waals surface area contributed by atoms with Crippen molar-refractivity contribution in [1.82, 2.24) is 4.98 Å². The lowest BCUT2D eigenvalue weighted by molar-refractivity contribution is 0.160. The van der Waals surface area contributed by atoms with Crippen molar-refractivity contribution >= 4 is 0 Å². The quantitative estimate of drug-likeness (QED) is 0.719. The van der Waals surface area contributed by atoms with Crippen molar-refractivity contribution in [1.29, 1.82) is 0 Å². The summed E-state index contributed by atoms with van der Waals surface area (Å²) in [5.41, 5.74) is 5.29. The fourth-order valence-electron chi connectivity index (χ4n) is 0.899. The van der Waals surface area contributed by atoms with E-state index in [1.165, 1.54) is 6.92 Å². The SMILES string of the molecule is CC(O)[C@@H](N)c1ncc(F)cc1F. The molecule has 0 radical (unpaired) electrons. The molecule has 3 N–H and O–H groups in total. The third-order valence-electron chi connectivity index (χ3n) is 1.67. The van der Waals surface area contributed by atoms with Gasteiger partial charge in [0, 0.05) is 6.07 Å². The highest BCUT2D eigenvalue weighted by Crippen LogP contribution is 2.15. The fraction of sp³-hybridized carbons (Fsp3) is 0.375. The number of aliphatic hydroxyl groups is 1. The van der Waals surface area contributed by atoms with Gasteiger partial charge >= 0.3 is 0 Å². The van der Waals surface area contributed by atoms with Crippen LogP contribution in [0.1, 0.15) is 18.7 Å². The monoisotopic (exact) mass is 188 g/mol. The minimum atomic E-state index is -0.930. The van der Waals surface area contributed by atoms with Crippen molar-refractivity contribution in [3.05, 3.63) is 29.6 Å². The average molecular weight is 188 g/mol. The van der Waals surface area contributed by atoms with Crippen molar-refractivity contribution in [2.75, 3.05) is 0 Å². The number of hydrogen-bond donors (Lipinski definition) is 2. The van der Waals surface area contributed by atoms with Crippen LogP contribution in [0.4, 0.5) is 8.78 Å². The summed E-state index contributed by atoms with van der Waals surface area (Å²) in [6.07, 6.45) is -0.0619. The third-order valence-corrected chi connectivity index (χ3v) is 1.67. The molecule has 72 valence electrons. The molecule has 0 amide bonds. The van der Waals surface area contributed by atoms with Gasteiger partial charge in [0.05, 0.1) is 24.0 Å². The summed E-state index contributed by atoms with van der Waals surface area (Å²) < 4.78 is 25.4. The lowest BCUT2D eigenvalue weighted by Crippen LogP contribution is -2.25. The summed E-state index contributed by atoms with van der Waals surface area (Å²) in [6, 6.07) is -0.245. The summed E-state index contributed by atoms with van der Waals surface area (Å²) in [5.74, 6) is -1.60. The maximum atomic E-state index is 13.0. The van der Waals surface area contributed by atoms with Gasteiger partial charge in [-0.15, -0.1) is 0 Å². The molecule has 1 heterocycles. The lowest BCUT2D eigenvalue weighted by atomic mass is 10.1. The molecule has 1 aromatic heterocycles. The minimum absolute atomic E-state index is 0.128. The number of nitrogens with zero attached hydrogens (tertiary/aromatic N) is 1. The number of halogens is 2. The van der Waals surface area contributed by atoms with Gasteiger partial charge in [-0.05, 0) is 6.92 Å². The highest BCUT2D eigenvalue weighted by Gasteiger charge is 2.18. The van der Waals surface area contributed by atoms with Crippen molar-refractivity contribution in [2.45, 2.75) is 19.1 Å². The molecule has 1 aromatic rings. The molecular weight excluding hydrogens is 178 g/mol. The Morgan fingerprint density at radius 1 is 1.54 bits per heavy atom. The van der Waals surface area contributed by atoms with Crippen LogP contribution in [0.2, 0.25) is 0 Å². The first kappa shape index (κ1) is 10.0. The van der Waals surface area contributed by atoms with Crippen molar-refractivity contribution < 1.29 is 13.9 Å². The molecule has 13 heavy (non-hydrogen) atoms. The van der Waals surface area contributed by atoms with Crippen LogP contribution in [0, 0.1) is 11.6 Å². The number of aliphatic hydroxyl groups excluding tert-OH is 1. The van der Waals surface area contributed by atoms with E-state index in [0.29, 0.717) is 6.07 Å². The Morgan fingerprint density at radius 2 is 2.15 bits per heavy atom. The van der Waals surface area contributed by atoms with Gasteiger partial charge in [-0.2, -0.15) is 0 Å². The molecule has 1 rings (SSSR count). The first-order chi connectivity index (χ1) is 6.02.